The largest absolute Gasteiger partial charge is 0.508 e. The molecule has 236 valence electrons. The van der Waals surface area contributed by atoms with Gasteiger partial charge in [-0.2, -0.15) is 0 Å². The van der Waals surface area contributed by atoms with Gasteiger partial charge in [0, 0.05) is 12.5 Å². The Bertz CT molecular complexity index is 1410. The van der Waals surface area contributed by atoms with Gasteiger partial charge in [0.1, 0.15) is 23.4 Å². The molecule has 0 heterocycles. The summed E-state index contributed by atoms with van der Waals surface area (Å²) < 4.78 is 5.51. The van der Waals surface area contributed by atoms with Gasteiger partial charge >= 0.3 is 6.09 Å². The molecule has 0 aliphatic rings. The highest BCUT2D eigenvalue weighted by Gasteiger charge is 2.39. The second kappa shape index (κ2) is 15.1. The lowest BCUT2D eigenvalue weighted by atomic mass is 9.96. The van der Waals surface area contributed by atoms with Crippen molar-refractivity contribution in [3.8, 4) is 5.75 Å². The Kier molecular flexibility index (Phi) is 11.8. The molecule has 3 N–H and O–H groups in total. The number of halogens is 1. The maximum atomic E-state index is 14.6. The van der Waals surface area contributed by atoms with E-state index in [-0.39, 0.29) is 18.2 Å². The lowest BCUT2D eigenvalue weighted by molar-refractivity contribution is -0.143. The van der Waals surface area contributed by atoms with Crippen molar-refractivity contribution in [1.29, 1.82) is 0 Å². The topological polar surface area (TPSA) is 108 Å². The Labute approximate surface area is 265 Å². The lowest BCUT2D eigenvalue weighted by Gasteiger charge is -2.38. The molecule has 0 bridgehead atoms. The molecular weight excluding hydrogens is 578 g/mol. The van der Waals surface area contributed by atoms with Crippen LogP contribution in [-0.2, 0) is 27.2 Å². The molecule has 0 aliphatic carbocycles. The number of aryl methyl sites for hydroxylation is 2. The number of nitrogens with zero attached hydrogens (tertiary/aromatic N) is 1. The Morgan fingerprint density at radius 1 is 0.955 bits per heavy atom. The number of rotatable bonds is 11. The van der Waals surface area contributed by atoms with Crippen LogP contribution >= 0.6 is 11.6 Å². The molecule has 9 heteroatoms. The van der Waals surface area contributed by atoms with Gasteiger partial charge in [0.25, 0.3) is 5.91 Å². The molecule has 44 heavy (non-hydrogen) atoms. The lowest BCUT2D eigenvalue weighted by Crippen LogP contribution is -2.55. The summed E-state index contributed by atoms with van der Waals surface area (Å²) in [6.07, 6.45) is 0.724. The first-order valence-corrected chi connectivity index (χ1v) is 15.4. The first kappa shape index (κ1) is 34.5. The molecule has 3 aromatic carbocycles. The third-order valence-corrected chi connectivity index (χ3v) is 7.70. The molecule has 3 unspecified atom stereocenters. The van der Waals surface area contributed by atoms with Crippen LogP contribution in [0, 0.1) is 6.92 Å². The normalized spacial score (nSPS) is 13.4. The molecule has 8 nitrogen and oxygen atoms in total. The molecule has 0 aliphatic heterocycles. The van der Waals surface area contributed by atoms with Crippen LogP contribution in [-0.4, -0.2) is 45.6 Å². The molecule has 0 spiro atoms. The summed E-state index contributed by atoms with van der Waals surface area (Å²) in [6.45, 7) is 12.9. The zero-order chi connectivity index (χ0) is 32.6. The minimum atomic E-state index is -1.07. The number of para-hydroxylation sites is 1. The summed E-state index contributed by atoms with van der Waals surface area (Å²) in [6, 6.07) is 16.9. The average Bonchev–Trinajstić information content (AvgIpc) is 2.97. The third kappa shape index (κ3) is 9.23. The minimum absolute atomic E-state index is 0.0834. The van der Waals surface area contributed by atoms with Crippen LogP contribution in [0.4, 0.5) is 10.5 Å². The van der Waals surface area contributed by atoms with Gasteiger partial charge in [0.2, 0.25) is 5.91 Å². The molecule has 3 aromatic rings. The molecule has 0 saturated heterocycles. The Hall–Kier alpha value is -4.04. The Morgan fingerprint density at radius 3 is 2.11 bits per heavy atom. The Balaban J connectivity index is 2.12. The van der Waals surface area contributed by atoms with Crippen molar-refractivity contribution < 1.29 is 24.2 Å². The van der Waals surface area contributed by atoms with Gasteiger partial charge in [0.15, 0.2) is 0 Å². The van der Waals surface area contributed by atoms with Gasteiger partial charge in [-0.05, 0) is 87.9 Å². The summed E-state index contributed by atoms with van der Waals surface area (Å²) in [4.78, 5) is 43.5. The second-order valence-corrected chi connectivity index (χ2v) is 12.4. The summed E-state index contributed by atoms with van der Waals surface area (Å²) >= 11 is 6.48. The van der Waals surface area contributed by atoms with Gasteiger partial charge in [-0.25, -0.2) is 4.79 Å². The fraction of sp³-hybridized carbons (Fsp3) is 0.400. The number of benzene rings is 3. The van der Waals surface area contributed by atoms with Crippen molar-refractivity contribution in [2.75, 3.05) is 5.32 Å². The van der Waals surface area contributed by atoms with Crippen molar-refractivity contribution in [2.45, 2.75) is 91.5 Å². The van der Waals surface area contributed by atoms with Gasteiger partial charge in [0.05, 0.1) is 10.7 Å². The summed E-state index contributed by atoms with van der Waals surface area (Å²) in [5.74, 6) is -0.797. The van der Waals surface area contributed by atoms with E-state index < -0.39 is 35.6 Å². The van der Waals surface area contributed by atoms with E-state index in [4.69, 9.17) is 16.3 Å². The van der Waals surface area contributed by atoms with Gasteiger partial charge in [-0.3, -0.25) is 9.59 Å². The highest BCUT2D eigenvalue weighted by atomic mass is 35.5. The summed E-state index contributed by atoms with van der Waals surface area (Å²) in [5, 5.41) is 15.9. The number of amides is 3. The maximum Gasteiger partial charge on any atom is 0.408 e. The number of alkyl carbamates (subject to hydrolysis) is 1. The van der Waals surface area contributed by atoms with Crippen LogP contribution in [0.1, 0.15) is 76.3 Å². The maximum absolute atomic E-state index is 14.6. The van der Waals surface area contributed by atoms with Crippen LogP contribution in [0.2, 0.25) is 5.02 Å². The number of hydrogen-bond acceptors (Lipinski definition) is 5. The third-order valence-electron chi connectivity index (χ3n) is 7.39. The first-order valence-electron chi connectivity index (χ1n) is 15.0. The molecule has 0 fully saturated rings. The van der Waals surface area contributed by atoms with Crippen molar-refractivity contribution in [2.24, 2.45) is 0 Å². The standard InChI is InChI=1S/C35H44ClN3O5/c1-8-23(4)39(33(42)29(37-34(43)44-35(5,6)7)21-25-15-19-27(40)20-16-25)31(26-17-13-24(9-2)14-18-26)32(41)38-30-22(3)11-10-12-28(30)36/h10-20,23,29,31,40H,8-9,21H2,1-7H3,(H,37,43)(H,38,41). The number of nitrogens with one attached hydrogen (secondary N) is 2. The van der Waals surface area contributed by atoms with Crippen molar-refractivity contribution in [3.05, 3.63) is 94.0 Å². The molecule has 0 aromatic heterocycles. The smallest absolute Gasteiger partial charge is 0.408 e. The Morgan fingerprint density at radius 2 is 1.57 bits per heavy atom. The van der Waals surface area contributed by atoms with Gasteiger partial charge in [-0.1, -0.05) is 74.0 Å². The fourth-order valence-corrected chi connectivity index (χ4v) is 5.12. The van der Waals surface area contributed by atoms with E-state index in [0.29, 0.717) is 28.3 Å². The number of carbonyl (C=O) groups excluding carboxylic acids is 3. The zero-order valence-corrected chi connectivity index (χ0v) is 27.4. The van der Waals surface area contributed by atoms with Crippen molar-refractivity contribution in [1.82, 2.24) is 10.2 Å². The van der Waals surface area contributed by atoms with Crippen LogP contribution in [0.25, 0.3) is 0 Å². The van der Waals surface area contributed by atoms with Crippen molar-refractivity contribution in [3.63, 3.8) is 0 Å². The van der Waals surface area contributed by atoms with Crippen LogP contribution in [0.15, 0.2) is 66.7 Å². The summed E-state index contributed by atoms with van der Waals surface area (Å²) in [5.41, 5.74) is 2.89. The van der Waals surface area contributed by atoms with Crippen LogP contribution in [0.5, 0.6) is 5.75 Å². The van der Waals surface area contributed by atoms with E-state index in [1.807, 2.05) is 58.0 Å². The number of hydrogen-bond donors (Lipinski definition) is 3. The fourth-order valence-electron chi connectivity index (χ4n) is 4.85. The molecule has 3 amide bonds. The molecule has 3 rings (SSSR count). The number of ether oxygens (including phenoxy) is 1. The van der Waals surface area contributed by atoms with Crippen molar-refractivity contribution >= 4 is 35.2 Å². The summed E-state index contributed by atoms with van der Waals surface area (Å²) in [7, 11) is 0. The highest BCUT2D eigenvalue weighted by Crippen LogP contribution is 2.31. The number of anilines is 1. The zero-order valence-electron chi connectivity index (χ0n) is 26.6. The second-order valence-electron chi connectivity index (χ2n) is 12.0. The highest BCUT2D eigenvalue weighted by molar-refractivity contribution is 6.34. The minimum Gasteiger partial charge on any atom is -0.508 e. The quantitative estimate of drug-likeness (QED) is 0.207. The average molecular weight is 622 g/mol. The number of phenolic OH excluding ortho intramolecular Hbond substituents is 1. The molecular formula is C35H44ClN3O5. The van der Waals surface area contributed by atoms with Gasteiger partial charge < -0.3 is 25.4 Å². The van der Waals surface area contributed by atoms with Gasteiger partial charge in [-0.15, -0.1) is 0 Å². The first-order chi connectivity index (χ1) is 20.7. The van der Waals surface area contributed by atoms with E-state index in [1.165, 1.54) is 12.1 Å². The van der Waals surface area contributed by atoms with Crippen LogP contribution < -0.4 is 10.6 Å². The van der Waals surface area contributed by atoms with Crippen LogP contribution in [0.3, 0.4) is 0 Å². The number of carbonyl (C=O) groups is 3. The van der Waals surface area contributed by atoms with E-state index in [2.05, 4.69) is 10.6 Å². The molecule has 3 atom stereocenters. The number of phenols is 1. The van der Waals surface area contributed by atoms with E-state index in [1.54, 1.807) is 49.9 Å². The molecule has 0 saturated carbocycles. The van der Waals surface area contributed by atoms with E-state index in [9.17, 15) is 19.5 Å². The van der Waals surface area contributed by atoms with E-state index >= 15 is 0 Å². The predicted octanol–water partition coefficient (Wildman–Crippen LogP) is 7.36. The SMILES string of the molecule is CCc1ccc(C(C(=O)Nc2c(C)cccc2Cl)N(C(=O)C(Cc2ccc(O)cc2)NC(=O)OC(C)(C)C)C(C)CC)cc1. The monoisotopic (exact) mass is 621 g/mol. The molecule has 0 radical (unpaired) electrons. The van der Waals surface area contributed by atoms with E-state index in [0.717, 1.165) is 17.5 Å². The predicted molar refractivity (Wildman–Crippen MR) is 175 cm³/mol. The number of aromatic hydroxyl groups is 1.